The Morgan fingerprint density at radius 2 is 2.11 bits per heavy atom. The van der Waals surface area contributed by atoms with Crippen LogP contribution in [0.25, 0.3) is 11.0 Å². The van der Waals surface area contributed by atoms with Crippen LogP contribution < -0.4 is 5.73 Å². The van der Waals surface area contributed by atoms with Crippen molar-refractivity contribution in [2.75, 3.05) is 0 Å². The molecule has 3 aromatic rings. The number of fused-ring (bicyclic) bond motifs is 1. The van der Waals surface area contributed by atoms with Crippen LogP contribution in [0.3, 0.4) is 0 Å². The van der Waals surface area contributed by atoms with E-state index in [2.05, 4.69) is 39.5 Å². The Bertz CT molecular complexity index is 670. The second-order valence-electron chi connectivity index (χ2n) is 4.88. The van der Waals surface area contributed by atoms with E-state index in [-0.39, 0.29) is 6.04 Å². The number of hydrogen-bond donors (Lipinski definition) is 1. The largest absolute Gasteiger partial charge is 0.331 e. The molecular formula is C15H17N3S. The van der Waals surface area contributed by atoms with Gasteiger partial charge in [-0.3, -0.25) is 0 Å². The second-order valence-corrected chi connectivity index (χ2v) is 5.66. The van der Waals surface area contributed by atoms with E-state index in [1.807, 2.05) is 18.2 Å². The molecule has 2 aromatic heterocycles. The van der Waals surface area contributed by atoms with Crippen LogP contribution in [-0.4, -0.2) is 15.6 Å². The Kier molecular flexibility index (Phi) is 3.36. The lowest BCUT2D eigenvalue weighted by Gasteiger charge is -2.10. The molecular weight excluding hydrogens is 254 g/mol. The maximum atomic E-state index is 6.24. The van der Waals surface area contributed by atoms with Gasteiger partial charge >= 0.3 is 0 Å². The molecule has 1 unspecified atom stereocenters. The molecule has 0 bridgehead atoms. The lowest BCUT2D eigenvalue weighted by atomic mass is 10.1. The molecule has 2 N–H and O–H groups in total. The Labute approximate surface area is 116 Å². The van der Waals surface area contributed by atoms with Crippen LogP contribution in [0.15, 0.2) is 41.1 Å². The van der Waals surface area contributed by atoms with Crippen molar-refractivity contribution in [3.8, 4) is 0 Å². The summed E-state index contributed by atoms with van der Waals surface area (Å²) in [7, 11) is 2.06. The third-order valence-corrected chi connectivity index (χ3v) is 4.13. The maximum absolute atomic E-state index is 6.24. The number of thiophene rings is 1. The highest BCUT2D eigenvalue weighted by Gasteiger charge is 2.12. The predicted molar refractivity (Wildman–Crippen MR) is 80.4 cm³/mol. The van der Waals surface area contributed by atoms with Gasteiger partial charge < -0.3 is 10.3 Å². The second kappa shape index (κ2) is 5.15. The number of nitrogens with two attached hydrogens (primary N) is 1. The highest BCUT2D eigenvalue weighted by molar-refractivity contribution is 7.07. The van der Waals surface area contributed by atoms with Crippen LogP contribution >= 0.6 is 11.3 Å². The molecule has 98 valence electrons. The van der Waals surface area contributed by atoms with E-state index < -0.39 is 0 Å². The Morgan fingerprint density at radius 1 is 1.26 bits per heavy atom. The Balaban J connectivity index is 1.79. The van der Waals surface area contributed by atoms with Crippen LogP contribution in [0.5, 0.6) is 0 Å². The van der Waals surface area contributed by atoms with Gasteiger partial charge in [0.1, 0.15) is 5.82 Å². The lowest BCUT2D eigenvalue weighted by Crippen LogP contribution is -2.26. The summed E-state index contributed by atoms with van der Waals surface area (Å²) in [5.41, 5.74) is 9.77. The third-order valence-electron chi connectivity index (χ3n) is 3.40. The van der Waals surface area contributed by atoms with E-state index in [0.29, 0.717) is 0 Å². The first-order valence-electron chi connectivity index (χ1n) is 6.41. The fraction of sp³-hybridized carbons (Fsp3) is 0.267. The summed E-state index contributed by atoms with van der Waals surface area (Å²) in [5.74, 6) is 1.06. The van der Waals surface area contributed by atoms with Crippen LogP contribution in [0, 0.1) is 0 Å². The summed E-state index contributed by atoms with van der Waals surface area (Å²) < 4.78 is 2.14. The van der Waals surface area contributed by atoms with E-state index in [0.717, 1.165) is 24.2 Å². The van der Waals surface area contributed by atoms with Crippen molar-refractivity contribution < 1.29 is 0 Å². The van der Waals surface area contributed by atoms with E-state index in [1.54, 1.807) is 11.3 Å². The molecule has 0 saturated carbocycles. The molecule has 1 atom stereocenters. The van der Waals surface area contributed by atoms with Gasteiger partial charge in [0.15, 0.2) is 0 Å². The molecule has 0 aliphatic rings. The minimum Gasteiger partial charge on any atom is -0.331 e. The van der Waals surface area contributed by atoms with Crippen LogP contribution in [-0.2, 0) is 19.9 Å². The monoisotopic (exact) mass is 271 g/mol. The van der Waals surface area contributed by atoms with Gasteiger partial charge in [0.05, 0.1) is 11.0 Å². The minimum absolute atomic E-state index is 0.116. The molecule has 0 amide bonds. The molecule has 0 saturated heterocycles. The zero-order chi connectivity index (χ0) is 13.2. The van der Waals surface area contributed by atoms with Crippen molar-refractivity contribution in [1.82, 2.24) is 9.55 Å². The zero-order valence-corrected chi connectivity index (χ0v) is 11.7. The van der Waals surface area contributed by atoms with E-state index in [4.69, 9.17) is 5.73 Å². The van der Waals surface area contributed by atoms with Gasteiger partial charge in [-0.05, 0) is 40.9 Å². The zero-order valence-electron chi connectivity index (χ0n) is 10.9. The van der Waals surface area contributed by atoms with Crippen molar-refractivity contribution in [2.45, 2.75) is 18.9 Å². The molecule has 4 heteroatoms. The number of nitrogens with zero attached hydrogens (tertiary/aromatic N) is 2. The lowest BCUT2D eigenvalue weighted by molar-refractivity contribution is 0.627. The van der Waals surface area contributed by atoms with Crippen molar-refractivity contribution in [1.29, 1.82) is 0 Å². The van der Waals surface area contributed by atoms with Crippen molar-refractivity contribution in [2.24, 2.45) is 12.8 Å². The maximum Gasteiger partial charge on any atom is 0.111 e. The Hall–Kier alpha value is -1.65. The van der Waals surface area contributed by atoms with Gasteiger partial charge in [0, 0.05) is 19.5 Å². The molecule has 0 radical (unpaired) electrons. The molecule has 19 heavy (non-hydrogen) atoms. The van der Waals surface area contributed by atoms with Gasteiger partial charge in [0.25, 0.3) is 0 Å². The average molecular weight is 271 g/mol. The molecule has 2 heterocycles. The first-order valence-corrected chi connectivity index (χ1v) is 7.35. The number of para-hydroxylation sites is 2. The first-order chi connectivity index (χ1) is 9.24. The number of rotatable bonds is 4. The SMILES string of the molecule is Cn1c(CC(N)Cc2ccsc2)nc2ccccc21. The van der Waals surface area contributed by atoms with Gasteiger partial charge in [0.2, 0.25) is 0 Å². The first kappa shape index (κ1) is 12.4. The van der Waals surface area contributed by atoms with Gasteiger partial charge in [-0.2, -0.15) is 11.3 Å². The smallest absolute Gasteiger partial charge is 0.111 e. The summed E-state index contributed by atoms with van der Waals surface area (Å²) in [6.07, 6.45) is 1.72. The number of benzene rings is 1. The normalized spacial score (nSPS) is 12.9. The van der Waals surface area contributed by atoms with Crippen molar-refractivity contribution >= 4 is 22.4 Å². The summed E-state index contributed by atoms with van der Waals surface area (Å²) in [6, 6.07) is 10.5. The molecule has 0 aliphatic heterocycles. The molecule has 0 aliphatic carbocycles. The van der Waals surface area contributed by atoms with Gasteiger partial charge in [-0.15, -0.1) is 0 Å². The summed E-state index contributed by atoms with van der Waals surface area (Å²) in [4.78, 5) is 4.67. The van der Waals surface area contributed by atoms with Crippen LogP contribution in [0.2, 0.25) is 0 Å². The number of aryl methyl sites for hydroxylation is 1. The highest BCUT2D eigenvalue weighted by atomic mass is 32.1. The molecule has 0 spiro atoms. The van der Waals surface area contributed by atoms with Gasteiger partial charge in [-0.1, -0.05) is 12.1 Å². The van der Waals surface area contributed by atoms with Crippen LogP contribution in [0.1, 0.15) is 11.4 Å². The minimum atomic E-state index is 0.116. The fourth-order valence-corrected chi connectivity index (χ4v) is 3.08. The summed E-state index contributed by atoms with van der Waals surface area (Å²) in [6.45, 7) is 0. The molecule has 0 fully saturated rings. The molecule has 1 aromatic carbocycles. The van der Waals surface area contributed by atoms with E-state index >= 15 is 0 Å². The van der Waals surface area contributed by atoms with E-state index in [9.17, 15) is 0 Å². The van der Waals surface area contributed by atoms with Crippen LogP contribution in [0.4, 0.5) is 0 Å². The van der Waals surface area contributed by atoms with Gasteiger partial charge in [-0.25, -0.2) is 4.98 Å². The Morgan fingerprint density at radius 3 is 2.84 bits per heavy atom. The highest BCUT2D eigenvalue weighted by Crippen LogP contribution is 2.16. The summed E-state index contributed by atoms with van der Waals surface area (Å²) >= 11 is 1.72. The summed E-state index contributed by atoms with van der Waals surface area (Å²) in [5, 5.41) is 4.26. The van der Waals surface area contributed by atoms with Crippen molar-refractivity contribution in [3.05, 3.63) is 52.5 Å². The number of imidazole rings is 1. The standard InChI is InChI=1S/C15H17N3S/c1-18-14-5-3-2-4-13(14)17-15(18)9-12(16)8-11-6-7-19-10-11/h2-7,10,12H,8-9,16H2,1H3. The molecule has 3 rings (SSSR count). The van der Waals surface area contributed by atoms with Crippen molar-refractivity contribution in [3.63, 3.8) is 0 Å². The quantitative estimate of drug-likeness (QED) is 0.793. The predicted octanol–water partition coefficient (Wildman–Crippen LogP) is 2.75. The number of hydrogen-bond acceptors (Lipinski definition) is 3. The van der Waals surface area contributed by atoms with E-state index in [1.165, 1.54) is 11.1 Å². The third kappa shape index (κ3) is 2.55. The topological polar surface area (TPSA) is 43.8 Å². The number of aromatic nitrogens is 2. The average Bonchev–Trinajstić information content (AvgIpc) is 3.00. The molecule has 3 nitrogen and oxygen atoms in total. The fourth-order valence-electron chi connectivity index (χ4n) is 2.40.